The Hall–Kier alpha value is -3.84. The van der Waals surface area contributed by atoms with Gasteiger partial charge in [-0.1, -0.05) is 36.4 Å². The van der Waals surface area contributed by atoms with E-state index in [9.17, 15) is 9.59 Å². The van der Waals surface area contributed by atoms with Gasteiger partial charge in [-0.3, -0.25) is 13.9 Å². The fourth-order valence-electron chi connectivity index (χ4n) is 5.00. The molecule has 4 heterocycles. The number of thiophene rings is 1. The molecule has 0 unspecified atom stereocenters. The van der Waals surface area contributed by atoms with Gasteiger partial charge >= 0.3 is 5.69 Å². The van der Waals surface area contributed by atoms with Crippen molar-refractivity contribution >= 4 is 22.2 Å². The molecule has 0 fully saturated rings. The second kappa shape index (κ2) is 7.33. The molecule has 5 aromatic rings. The lowest BCUT2D eigenvalue weighted by atomic mass is 10.0. The Kier molecular flexibility index (Phi) is 4.47. The van der Waals surface area contributed by atoms with Gasteiger partial charge in [0.15, 0.2) is 6.10 Å². The summed E-state index contributed by atoms with van der Waals surface area (Å²) in [5.74, 6) is 0.744. The summed E-state index contributed by atoms with van der Waals surface area (Å²) in [6.07, 6.45) is -0.451. The molecule has 170 valence electrons. The summed E-state index contributed by atoms with van der Waals surface area (Å²) < 4.78 is 11.5. The monoisotopic (exact) mass is 469 g/mol. The first-order chi connectivity index (χ1) is 16.4. The molecule has 3 aromatic heterocycles. The largest absolute Gasteiger partial charge is 0.476 e. The zero-order chi connectivity index (χ0) is 23.7. The lowest BCUT2D eigenvalue weighted by Gasteiger charge is -2.29. The van der Waals surface area contributed by atoms with Crippen LogP contribution in [0.25, 0.3) is 27.8 Å². The highest BCUT2D eigenvalue weighted by atomic mass is 32.1. The maximum absolute atomic E-state index is 13.7. The fourth-order valence-corrected chi connectivity index (χ4v) is 5.75. The van der Waals surface area contributed by atoms with Gasteiger partial charge in [0.05, 0.1) is 32.9 Å². The van der Waals surface area contributed by atoms with E-state index in [1.54, 1.807) is 23.0 Å². The SMILES string of the molecule is Cc1ccc2c(c1)-n1c(-c3ccccc3C)c3c(=O)n(C)c(=O)n(C)c3c1[C@@H](c1cccs1)O2. The molecule has 7 heteroatoms. The van der Waals surface area contributed by atoms with E-state index in [1.807, 2.05) is 67.8 Å². The second-order valence-corrected chi connectivity index (χ2v) is 9.78. The van der Waals surface area contributed by atoms with Crippen LogP contribution in [0.3, 0.4) is 0 Å². The van der Waals surface area contributed by atoms with Crippen molar-refractivity contribution in [3.63, 3.8) is 0 Å². The molecule has 6 nitrogen and oxygen atoms in total. The highest BCUT2D eigenvalue weighted by Crippen LogP contribution is 2.47. The third-order valence-electron chi connectivity index (χ3n) is 6.66. The van der Waals surface area contributed by atoms with E-state index in [2.05, 4.69) is 10.6 Å². The van der Waals surface area contributed by atoms with E-state index >= 15 is 0 Å². The first kappa shape index (κ1) is 20.7. The van der Waals surface area contributed by atoms with E-state index < -0.39 is 6.10 Å². The van der Waals surface area contributed by atoms with Crippen molar-refractivity contribution in [2.24, 2.45) is 14.1 Å². The minimum absolute atomic E-state index is 0.308. The number of rotatable bonds is 2. The van der Waals surface area contributed by atoms with Gasteiger partial charge in [-0.2, -0.15) is 0 Å². The van der Waals surface area contributed by atoms with Crippen molar-refractivity contribution in [1.29, 1.82) is 0 Å². The van der Waals surface area contributed by atoms with Crippen molar-refractivity contribution in [2.75, 3.05) is 0 Å². The zero-order valence-electron chi connectivity index (χ0n) is 19.3. The Morgan fingerprint density at radius 2 is 1.74 bits per heavy atom. The van der Waals surface area contributed by atoms with Gasteiger partial charge < -0.3 is 9.30 Å². The summed E-state index contributed by atoms with van der Waals surface area (Å²) in [4.78, 5) is 27.8. The fraction of sp³-hybridized carbons (Fsp3) is 0.185. The predicted molar refractivity (Wildman–Crippen MR) is 135 cm³/mol. The number of fused-ring (bicyclic) bond motifs is 5. The van der Waals surface area contributed by atoms with Crippen LogP contribution in [0.15, 0.2) is 69.6 Å². The van der Waals surface area contributed by atoms with Gasteiger partial charge in [-0.05, 0) is 48.6 Å². The van der Waals surface area contributed by atoms with Gasteiger partial charge in [-0.25, -0.2) is 4.79 Å². The van der Waals surface area contributed by atoms with Gasteiger partial charge in [0.2, 0.25) is 0 Å². The molecule has 0 saturated carbocycles. The summed E-state index contributed by atoms with van der Waals surface area (Å²) in [5, 5.41) is 2.53. The molecule has 1 aliphatic heterocycles. The number of aryl methyl sites for hydroxylation is 3. The molecular weight excluding hydrogens is 446 g/mol. The Labute approximate surface area is 199 Å². The molecule has 1 atom stereocenters. The van der Waals surface area contributed by atoms with Crippen molar-refractivity contribution in [1.82, 2.24) is 13.7 Å². The van der Waals surface area contributed by atoms with Gasteiger partial charge in [0, 0.05) is 19.7 Å². The molecule has 0 saturated heterocycles. The molecule has 0 bridgehead atoms. The smallest absolute Gasteiger partial charge is 0.331 e. The summed E-state index contributed by atoms with van der Waals surface area (Å²) in [6.45, 7) is 4.08. The van der Waals surface area contributed by atoms with Crippen LogP contribution in [-0.2, 0) is 14.1 Å². The van der Waals surface area contributed by atoms with Gasteiger partial charge in [0.1, 0.15) is 5.75 Å². The number of aromatic nitrogens is 3. The summed E-state index contributed by atoms with van der Waals surface area (Å²) in [6, 6.07) is 18.2. The third kappa shape index (κ3) is 2.73. The van der Waals surface area contributed by atoms with Crippen LogP contribution in [-0.4, -0.2) is 13.7 Å². The number of hydrogen-bond acceptors (Lipinski definition) is 4. The molecule has 0 aliphatic carbocycles. The average Bonchev–Trinajstić information content (AvgIpc) is 3.48. The molecule has 0 radical (unpaired) electrons. The number of ether oxygens (including phenoxy) is 1. The molecule has 0 N–H and O–H groups in total. The first-order valence-corrected chi connectivity index (χ1v) is 12.0. The maximum Gasteiger partial charge on any atom is 0.331 e. The molecule has 0 spiro atoms. The molecule has 1 aliphatic rings. The lowest BCUT2D eigenvalue weighted by Crippen LogP contribution is -2.37. The van der Waals surface area contributed by atoms with Crippen LogP contribution in [0.2, 0.25) is 0 Å². The van der Waals surface area contributed by atoms with Crippen molar-refractivity contribution in [3.8, 4) is 22.7 Å². The van der Waals surface area contributed by atoms with Crippen LogP contribution in [0.1, 0.15) is 27.8 Å². The predicted octanol–water partition coefficient (Wildman–Crippen LogP) is 4.86. The Morgan fingerprint density at radius 3 is 2.47 bits per heavy atom. The normalized spacial score (nSPS) is 14.6. The van der Waals surface area contributed by atoms with E-state index in [-0.39, 0.29) is 11.2 Å². The first-order valence-electron chi connectivity index (χ1n) is 11.1. The van der Waals surface area contributed by atoms with Crippen LogP contribution < -0.4 is 16.0 Å². The van der Waals surface area contributed by atoms with E-state index in [4.69, 9.17) is 4.74 Å². The van der Waals surface area contributed by atoms with Crippen molar-refractivity contribution < 1.29 is 4.74 Å². The van der Waals surface area contributed by atoms with Crippen LogP contribution in [0, 0.1) is 13.8 Å². The topological polar surface area (TPSA) is 58.2 Å². The van der Waals surface area contributed by atoms with Crippen LogP contribution in [0.4, 0.5) is 0 Å². The lowest BCUT2D eigenvalue weighted by molar-refractivity contribution is 0.233. The summed E-state index contributed by atoms with van der Waals surface area (Å²) >= 11 is 1.60. The summed E-state index contributed by atoms with van der Waals surface area (Å²) in [7, 11) is 3.26. The number of benzene rings is 2. The zero-order valence-corrected chi connectivity index (χ0v) is 20.1. The minimum Gasteiger partial charge on any atom is -0.476 e. The average molecular weight is 470 g/mol. The van der Waals surface area contributed by atoms with E-state index in [1.165, 1.54) is 11.6 Å². The van der Waals surface area contributed by atoms with Gasteiger partial charge in [0.25, 0.3) is 5.56 Å². The highest BCUT2D eigenvalue weighted by molar-refractivity contribution is 7.10. The number of nitrogens with zero attached hydrogens (tertiary/aromatic N) is 3. The van der Waals surface area contributed by atoms with E-state index in [0.717, 1.165) is 44.4 Å². The molecule has 6 rings (SSSR count). The molecule has 0 amide bonds. The third-order valence-corrected chi connectivity index (χ3v) is 7.57. The Morgan fingerprint density at radius 1 is 0.941 bits per heavy atom. The molecular formula is C27H23N3O3S. The minimum atomic E-state index is -0.451. The van der Waals surface area contributed by atoms with Crippen LogP contribution in [0.5, 0.6) is 5.75 Å². The van der Waals surface area contributed by atoms with Crippen molar-refractivity contribution in [2.45, 2.75) is 20.0 Å². The van der Waals surface area contributed by atoms with E-state index in [0.29, 0.717) is 10.9 Å². The maximum atomic E-state index is 13.7. The quantitative estimate of drug-likeness (QED) is 0.371. The molecule has 2 aromatic carbocycles. The van der Waals surface area contributed by atoms with Crippen molar-refractivity contribution in [3.05, 3.63) is 103 Å². The Bertz CT molecular complexity index is 1720. The second-order valence-electron chi connectivity index (χ2n) is 8.80. The number of hydrogen-bond donors (Lipinski definition) is 0. The molecule has 34 heavy (non-hydrogen) atoms. The summed E-state index contributed by atoms with van der Waals surface area (Å²) in [5.41, 5.74) is 5.48. The highest BCUT2D eigenvalue weighted by Gasteiger charge is 2.36. The standard InChI is InChI=1S/C27H23N3O3S/c1-15-11-12-19-18(14-15)30-22(17-9-6-5-8-16(17)2)21-23(28(3)27(32)29(4)26(21)31)24(30)25(33-19)20-10-7-13-34-20/h5-14,25H,1-4H3/t25-/m1/s1. The van der Waals surface area contributed by atoms with Gasteiger partial charge in [-0.15, -0.1) is 11.3 Å². The van der Waals surface area contributed by atoms with Crippen LogP contribution >= 0.6 is 11.3 Å². The Balaban J connectivity index is 1.92.